The number of halogens is 2. The van der Waals surface area contributed by atoms with Crippen molar-refractivity contribution in [2.24, 2.45) is 0 Å². The molecule has 0 saturated carbocycles. The molecule has 0 aliphatic heterocycles. The summed E-state index contributed by atoms with van der Waals surface area (Å²) in [5, 5.41) is 10.4. The summed E-state index contributed by atoms with van der Waals surface area (Å²) in [7, 11) is 2.31. The summed E-state index contributed by atoms with van der Waals surface area (Å²) in [5.41, 5.74) is -0.624. The van der Waals surface area contributed by atoms with Crippen molar-refractivity contribution in [2.75, 3.05) is 14.2 Å². The number of alkyl halides is 2. The van der Waals surface area contributed by atoms with Crippen LogP contribution in [0.2, 0.25) is 0 Å². The largest absolute Gasteiger partial charge is 0.489 e. The van der Waals surface area contributed by atoms with E-state index in [1.54, 1.807) is 0 Å². The average Bonchev–Trinajstić information content (AvgIpc) is 2.26. The zero-order valence-corrected chi connectivity index (χ0v) is 8.44. The Morgan fingerprint density at radius 2 is 2.06 bits per heavy atom. The second-order valence-corrected chi connectivity index (χ2v) is 2.67. The van der Waals surface area contributed by atoms with E-state index < -0.39 is 22.7 Å². The molecule has 16 heavy (non-hydrogen) atoms. The Morgan fingerprint density at radius 1 is 1.44 bits per heavy atom. The van der Waals surface area contributed by atoms with Crippen molar-refractivity contribution in [1.82, 2.24) is 4.98 Å². The molecule has 6 nitrogen and oxygen atoms in total. The quantitative estimate of drug-likeness (QED) is 0.587. The molecule has 1 rings (SSSR count). The van der Waals surface area contributed by atoms with Crippen LogP contribution in [0.25, 0.3) is 0 Å². The topological polar surface area (TPSA) is 74.5 Å². The fourth-order valence-corrected chi connectivity index (χ4v) is 1.11. The summed E-state index contributed by atoms with van der Waals surface area (Å²) in [6.07, 6.45) is -2.91. The van der Waals surface area contributed by atoms with E-state index in [4.69, 9.17) is 0 Å². The molecule has 0 N–H and O–H groups in total. The first-order valence-electron chi connectivity index (χ1n) is 4.06. The molecule has 0 aliphatic rings. The summed E-state index contributed by atoms with van der Waals surface area (Å²) in [6, 6.07) is 0.659. The van der Waals surface area contributed by atoms with Gasteiger partial charge in [-0.15, -0.1) is 0 Å². The predicted molar refractivity (Wildman–Crippen MR) is 49.0 cm³/mol. The van der Waals surface area contributed by atoms with Gasteiger partial charge in [0.25, 0.3) is 6.43 Å². The minimum Gasteiger partial charge on any atom is -0.489 e. The van der Waals surface area contributed by atoms with Gasteiger partial charge >= 0.3 is 11.7 Å². The third kappa shape index (κ3) is 2.15. The Morgan fingerprint density at radius 3 is 2.44 bits per heavy atom. The molecule has 0 bridgehead atoms. The second-order valence-electron chi connectivity index (χ2n) is 2.67. The van der Waals surface area contributed by atoms with Crippen molar-refractivity contribution in [3.8, 4) is 11.6 Å². The van der Waals surface area contributed by atoms with E-state index in [-0.39, 0.29) is 11.6 Å². The molecule has 88 valence electrons. The number of nitrogens with zero attached hydrogens (tertiary/aromatic N) is 2. The number of hydrogen-bond donors (Lipinski definition) is 0. The van der Waals surface area contributed by atoms with Gasteiger partial charge in [-0.2, -0.15) is 0 Å². The Hall–Kier alpha value is -1.99. The molecule has 8 heteroatoms. The zero-order chi connectivity index (χ0) is 12.3. The Balaban J connectivity index is 3.43. The van der Waals surface area contributed by atoms with Gasteiger partial charge in [0, 0.05) is 11.1 Å². The molecule has 1 heterocycles. The van der Waals surface area contributed by atoms with Crippen molar-refractivity contribution in [2.45, 2.75) is 6.43 Å². The molecule has 0 atom stereocenters. The molecular weight excluding hydrogens is 226 g/mol. The van der Waals surface area contributed by atoms with Gasteiger partial charge in [0.05, 0.1) is 19.8 Å². The lowest BCUT2D eigenvalue weighted by molar-refractivity contribution is -0.389. The Labute approximate surface area is 89.0 Å². The van der Waals surface area contributed by atoms with E-state index >= 15 is 0 Å². The lowest BCUT2D eigenvalue weighted by Gasteiger charge is -2.08. The third-order valence-electron chi connectivity index (χ3n) is 1.78. The van der Waals surface area contributed by atoms with Gasteiger partial charge in [0.1, 0.15) is 0 Å². The number of methoxy groups -OCH3 is 2. The lowest BCUT2D eigenvalue weighted by atomic mass is 10.2. The molecular formula is C8H8F2N2O4. The molecule has 1 aromatic heterocycles. The molecule has 0 amide bonds. The fraction of sp³-hybridized carbons (Fsp3) is 0.375. The number of nitro groups is 1. The van der Waals surface area contributed by atoms with E-state index in [0.717, 1.165) is 14.2 Å². The lowest BCUT2D eigenvalue weighted by Crippen LogP contribution is -2.02. The highest BCUT2D eigenvalue weighted by atomic mass is 19.3. The fourth-order valence-electron chi connectivity index (χ4n) is 1.11. The molecule has 0 fully saturated rings. The maximum Gasteiger partial charge on any atom is 0.371 e. The summed E-state index contributed by atoms with van der Waals surface area (Å²) in [5.74, 6) is -1.36. The Kier molecular flexibility index (Phi) is 3.54. The molecule has 0 unspecified atom stereocenters. The minimum atomic E-state index is -2.91. The average molecular weight is 234 g/mol. The first-order chi connectivity index (χ1) is 7.51. The number of rotatable bonds is 4. The Bertz CT molecular complexity index is 411. The van der Waals surface area contributed by atoms with Crippen molar-refractivity contribution in [1.29, 1.82) is 0 Å². The summed E-state index contributed by atoms with van der Waals surface area (Å²) >= 11 is 0. The summed E-state index contributed by atoms with van der Waals surface area (Å²) in [6.45, 7) is 0. The number of hydrogen-bond acceptors (Lipinski definition) is 5. The smallest absolute Gasteiger partial charge is 0.371 e. The second kappa shape index (κ2) is 4.69. The molecule has 0 saturated heterocycles. The molecule has 1 aromatic rings. The van der Waals surface area contributed by atoms with Gasteiger partial charge in [-0.25, -0.2) is 8.78 Å². The third-order valence-corrected chi connectivity index (χ3v) is 1.78. The highest BCUT2D eigenvalue weighted by Crippen LogP contribution is 2.37. The van der Waals surface area contributed by atoms with Crippen LogP contribution >= 0.6 is 0 Å². The summed E-state index contributed by atoms with van der Waals surface area (Å²) in [4.78, 5) is 13.0. The van der Waals surface area contributed by atoms with Crippen molar-refractivity contribution < 1.29 is 23.2 Å². The van der Waals surface area contributed by atoms with Crippen LogP contribution < -0.4 is 9.47 Å². The van der Waals surface area contributed by atoms with Crippen LogP contribution in [0.5, 0.6) is 11.6 Å². The normalized spacial score (nSPS) is 10.3. The molecule has 0 radical (unpaired) electrons. The standard InChI is InChI=1S/C8H8F2N2O4/c1-15-6-4(7(9)10)3-5(12(13)14)11-8(6)16-2/h3,7H,1-2H3. The van der Waals surface area contributed by atoms with E-state index in [1.807, 2.05) is 0 Å². The van der Waals surface area contributed by atoms with E-state index in [1.165, 1.54) is 0 Å². The van der Waals surface area contributed by atoms with Gasteiger partial charge in [-0.05, 0) is 4.92 Å². The first-order valence-corrected chi connectivity index (χ1v) is 4.06. The van der Waals surface area contributed by atoms with Crippen LogP contribution in [-0.2, 0) is 0 Å². The van der Waals surface area contributed by atoms with E-state index in [2.05, 4.69) is 14.5 Å². The molecule has 0 spiro atoms. The van der Waals surface area contributed by atoms with Gasteiger partial charge in [-0.1, -0.05) is 0 Å². The maximum atomic E-state index is 12.6. The van der Waals surface area contributed by atoms with E-state index in [0.29, 0.717) is 6.07 Å². The zero-order valence-electron chi connectivity index (χ0n) is 8.44. The highest BCUT2D eigenvalue weighted by molar-refractivity contribution is 5.47. The van der Waals surface area contributed by atoms with Gasteiger partial charge < -0.3 is 19.6 Å². The predicted octanol–water partition coefficient (Wildman–Crippen LogP) is 1.94. The first kappa shape index (κ1) is 12.1. The highest BCUT2D eigenvalue weighted by Gasteiger charge is 2.27. The van der Waals surface area contributed by atoms with Crippen LogP contribution in [0.3, 0.4) is 0 Å². The summed E-state index contributed by atoms with van der Waals surface area (Å²) < 4.78 is 34.5. The number of aromatic nitrogens is 1. The van der Waals surface area contributed by atoms with Crippen molar-refractivity contribution >= 4 is 5.82 Å². The number of ether oxygens (including phenoxy) is 2. The van der Waals surface area contributed by atoms with Gasteiger partial charge in [0.2, 0.25) is 5.75 Å². The van der Waals surface area contributed by atoms with Crippen LogP contribution in [0.4, 0.5) is 14.6 Å². The minimum absolute atomic E-state index is 0.303. The molecule has 0 aliphatic carbocycles. The van der Waals surface area contributed by atoms with Crippen molar-refractivity contribution in [3.05, 3.63) is 21.7 Å². The maximum absolute atomic E-state index is 12.6. The molecule has 0 aromatic carbocycles. The van der Waals surface area contributed by atoms with Crippen LogP contribution in [0.1, 0.15) is 12.0 Å². The van der Waals surface area contributed by atoms with Gasteiger partial charge in [-0.3, -0.25) is 0 Å². The van der Waals surface area contributed by atoms with Gasteiger partial charge in [0.15, 0.2) is 0 Å². The number of pyridine rings is 1. The van der Waals surface area contributed by atoms with Crippen molar-refractivity contribution in [3.63, 3.8) is 0 Å². The van der Waals surface area contributed by atoms with Crippen LogP contribution in [0, 0.1) is 10.1 Å². The monoisotopic (exact) mass is 234 g/mol. The van der Waals surface area contributed by atoms with E-state index in [9.17, 15) is 18.9 Å². The SMILES string of the molecule is COc1nc([N+](=O)[O-])cc(C(F)F)c1OC. The van der Waals surface area contributed by atoms with Crippen LogP contribution in [-0.4, -0.2) is 24.1 Å². The van der Waals surface area contributed by atoms with Crippen LogP contribution in [0.15, 0.2) is 6.07 Å².